The van der Waals surface area contributed by atoms with E-state index in [-0.39, 0.29) is 5.41 Å². The van der Waals surface area contributed by atoms with E-state index in [4.69, 9.17) is 4.74 Å². The third-order valence-electron chi connectivity index (χ3n) is 3.19. The van der Waals surface area contributed by atoms with E-state index in [1.54, 1.807) is 0 Å². The minimum Gasteiger partial charge on any atom is -0.493 e. The molecule has 19 heavy (non-hydrogen) atoms. The standard InChI is InChI=1S/C17H26O2/c1-6-14(18)8-7-11-19-16-10-9-13(2)12-15(16)17(3,4)5/h9-10,12H,6-8,11H2,1-5H3. The van der Waals surface area contributed by atoms with Crippen molar-refractivity contribution < 1.29 is 9.53 Å². The maximum atomic E-state index is 11.2. The second kappa shape index (κ2) is 6.74. The highest BCUT2D eigenvalue weighted by Gasteiger charge is 2.19. The van der Waals surface area contributed by atoms with Crippen molar-refractivity contribution in [1.82, 2.24) is 0 Å². The Kier molecular flexibility index (Phi) is 5.59. The minimum absolute atomic E-state index is 0.0700. The van der Waals surface area contributed by atoms with Crippen molar-refractivity contribution in [2.45, 2.75) is 59.3 Å². The smallest absolute Gasteiger partial charge is 0.132 e. The van der Waals surface area contributed by atoms with Crippen LogP contribution in [0.15, 0.2) is 18.2 Å². The van der Waals surface area contributed by atoms with Crippen molar-refractivity contribution in [1.29, 1.82) is 0 Å². The van der Waals surface area contributed by atoms with Crippen molar-refractivity contribution >= 4 is 5.78 Å². The van der Waals surface area contributed by atoms with Gasteiger partial charge >= 0.3 is 0 Å². The number of benzene rings is 1. The normalized spacial score (nSPS) is 11.4. The molecule has 1 aromatic carbocycles. The molecule has 0 aromatic heterocycles. The second-order valence-corrected chi connectivity index (χ2v) is 6.09. The fourth-order valence-electron chi connectivity index (χ4n) is 1.98. The lowest BCUT2D eigenvalue weighted by molar-refractivity contribution is -0.118. The van der Waals surface area contributed by atoms with E-state index in [9.17, 15) is 4.79 Å². The van der Waals surface area contributed by atoms with Crippen LogP contribution in [0.2, 0.25) is 0 Å². The molecule has 0 saturated carbocycles. The average molecular weight is 262 g/mol. The molecular weight excluding hydrogens is 236 g/mol. The zero-order valence-corrected chi connectivity index (χ0v) is 12.9. The summed E-state index contributed by atoms with van der Waals surface area (Å²) < 4.78 is 5.86. The van der Waals surface area contributed by atoms with Gasteiger partial charge in [-0.25, -0.2) is 0 Å². The van der Waals surface area contributed by atoms with E-state index >= 15 is 0 Å². The summed E-state index contributed by atoms with van der Waals surface area (Å²) in [5.41, 5.74) is 2.55. The summed E-state index contributed by atoms with van der Waals surface area (Å²) >= 11 is 0. The first-order valence-electron chi connectivity index (χ1n) is 7.10. The van der Waals surface area contributed by atoms with Crippen molar-refractivity contribution in [3.63, 3.8) is 0 Å². The van der Waals surface area contributed by atoms with Crippen LogP contribution in [0.1, 0.15) is 58.1 Å². The number of Topliss-reactive ketones (excluding diaryl/α,β-unsaturated/α-hetero) is 1. The molecule has 0 atom stereocenters. The zero-order valence-electron chi connectivity index (χ0n) is 12.9. The molecule has 0 spiro atoms. The highest BCUT2D eigenvalue weighted by Crippen LogP contribution is 2.32. The summed E-state index contributed by atoms with van der Waals surface area (Å²) in [6.45, 7) is 11.2. The summed E-state index contributed by atoms with van der Waals surface area (Å²) in [4.78, 5) is 11.2. The summed E-state index contributed by atoms with van der Waals surface area (Å²) in [6.07, 6.45) is 2.04. The van der Waals surface area contributed by atoms with Gasteiger partial charge < -0.3 is 4.74 Å². The SMILES string of the molecule is CCC(=O)CCCOc1ccc(C)cc1C(C)(C)C. The topological polar surface area (TPSA) is 26.3 Å². The van der Waals surface area contributed by atoms with E-state index in [0.717, 1.165) is 12.2 Å². The molecule has 0 aliphatic heterocycles. The van der Waals surface area contributed by atoms with Gasteiger partial charge in [-0.1, -0.05) is 45.4 Å². The van der Waals surface area contributed by atoms with Gasteiger partial charge in [-0.15, -0.1) is 0 Å². The quantitative estimate of drug-likeness (QED) is 0.709. The van der Waals surface area contributed by atoms with Gasteiger partial charge in [-0.3, -0.25) is 4.79 Å². The molecule has 0 fully saturated rings. The van der Waals surface area contributed by atoms with Crippen LogP contribution in [-0.2, 0) is 10.2 Å². The molecule has 0 bridgehead atoms. The van der Waals surface area contributed by atoms with Crippen LogP contribution >= 0.6 is 0 Å². The number of rotatable bonds is 6. The molecule has 1 aromatic rings. The first-order chi connectivity index (χ1) is 8.84. The molecule has 2 heteroatoms. The molecule has 1 rings (SSSR count). The first kappa shape index (κ1) is 15.7. The van der Waals surface area contributed by atoms with Gasteiger partial charge in [0.1, 0.15) is 11.5 Å². The van der Waals surface area contributed by atoms with Gasteiger partial charge in [0.25, 0.3) is 0 Å². The number of hydrogen-bond donors (Lipinski definition) is 0. The molecule has 2 nitrogen and oxygen atoms in total. The van der Waals surface area contributed by atoms with Crippen LogP contribution < -0.4 is 4.74 Å². The molecule has 0 aliphatic carbocycles. The molecule has 0 N–H and O–H groups in total. The Labute approximate surface area is 117 Å². The molecule has 0 radical (unpaired) electrons. The van der Waals surface area contributed by atoms with Gasteiger partial charge in [0.2, 0.25) is 0 Å². The summed E-state index contributed by atoms with van der Waals surface area (Å²) in [5, 5.41) is 0. The number of ether oxygens (including phenoxy) is 1. The Morgan fingerprint density at radius 1 is 1.26 bits per heavy atom. The maximum Gasteiger partial charge on any atom is 0.132 e. The van der Waals surface area contributed by atoms with Gasteiger partial charge in [-0.2, -0.15) is 0 Å². The maximum absolute atomic E-state index is 11.2. The number of ketones is 1. The van der Waals surface area contributed by atoms with Crippen LogP contribution in [0.5, 0.6) is 5.75 Å². The van der Waals surface area contributed by atoms with E-state index in [2.05, 4.69) is 39.8 Å². The summed E-state index contributed by atoms with van der Waals surface area (Å²) in [7, 11) is 0. The average Bonchev–Trinajstić information content (AvgIpc) is 2.34. The second-order valence-electron chi connectivity index (χ2n) is 6.09. The van der Waals surface area contributed by atoms with Gasteiger partial charge in [0, 0.05) is 12.8 Å². The lowest BCUT2D eigenvalue weighted by Gasteiger charge is -2.23. The van der Waals surface area contributed by atoms with E-state index in [0.29, 0.717) is 25.2 Å². The Balaban J connectivity index is 2.66. The predicted octanol–water partition coefficient (Wildman–Crippen LogP) is 4.43. The van der Waals surface area contributed by atoms with Crippen LogP contribution in [-0.4, -0.2) is 12.4 Å². The third kappa shape index (κ3) is 5.06. The van der Waals surface area contributed by atoms with Crippen LogP contribution in [0.3, 0.4) is 0 Å². The Morgan fingerprint density at radius 2 is 1.95 bits per heavy atom. The number of hydrogen-bond acceptors (Lipinski definition) is 2. The fourth-order valence-corrected chi connectivity index (χ4v) is 1.98. The summed E-state index contributed by atoms with van der Waals surface area (Å²) in [5.74, 6) is 1.26. The van der Waals surface area contributed by atoms with Crippen LogP contribution in [0.4, 0.5) is 0 Å². The third-order valence-corrected chi connectivity index (χ3v) is 3.19. The van der Waals surface area contributed by atoms with E-state index in [1.165, 1.54) is 11.1 Å². The lowest BCUT2D eigenvalue weighted by Crippen LogP contribution is -2.14. The number of aryl methyl sites for hydroxylation is 1. The van der Waals surface area contributed by atoms with Crippen LogP contribution in [0, 0.1) is 6.92 Å². The molecular formula is C17H26O2. The highest BCUT2D eigenvalue weighted by atomic mass is 16.5. The van der Waals surface area contributed by atoms with Crippen molar-refractivity contribution in [3.05, 3.63) is 29.3 Å². The Hall–Kier alpha value is -1.31. The molecule has 0 amide bonds. The van der Waals surface area contributed by atoms with Gasteiger partial charge in [0.05, 0.1) is 6.61 Å². The van der Waals surface area contributed by atoms with Crippen molar-refractivity contribution in [3.8, 4) is 5.75 Å². The molecule has 0 unspecified atom stereocenters. The largest absolute Gasteiger partial charge is 0.493 e. The monoisotopic (exact) mass is 262 g/mol. The fraction of sp³-hybridized carbons (Fsp3) is 0.588. The van der Waals surface area contributed by atoms with E-state index < -0.39 is 0 Å². The van der Waals surface area contributed by atoms with Crippen molar-refractivity contribution in [2.75, 3.05) is 6.61 Å². The highest BCUT2D eigenvalue weighted by molar-refractivity contribution is 5.77. The molecule has 0 heterocycles. The Bertz CT molecular complexity index is 427. The lowest BCUT2D eigenvalue weighted by atomic mass is 9.85. The predicted molar refractivity (Wildman–Crippen MR) is 79.9 cm³/mol. The first-order valence-corrected chi connectivity index (χ1v) is 7.10. The number of carbonyl (C=O) groups excluding carboxylic acids is 1. The summed E-state index contributed by atoms with van der Waals surface area (Å²) in [6, 6.07) is 6.30. The minimum atomic E-state index is 0.0700. The molecule has 0 saturated heterocycles. The Morgan fingerprint density at radius 3 is 2.53 bits per heavy atom. The molecule has 106 valence electrons. The zero-order chi connectivity index (χ0) is 14.5. The van der Waals surface area contributed by atoms with Crippen molar-refractivity contribution in [2.24, 2.45) is 0 Å². The number of carbonyl (C=O) groups is 1. The molecule has 0 aliphatic rings. The van der Waals surface area contributed by atoms with E-state index in [1.807, 2.05) is 13.0 Å². The van der Waals surface area contributed by atoms with Crippen LogP contribution in [0.25, 0.3) is 0 Å². The van der Waals surface area contributed by atoms with Gasteiger partial charge in [0.15, 0.2) is 0 Å². The van der Waals surface area contributed by atoms with Gasteiger partial charge in [-0.05, 0) is 30.4 Å².